The molecule has 0 radical (unpaired) electrons. The van der Waals surface area contributed by atoms with E-state index in [1.807, 2.05) is 6.07 Å². The fourth-order valence-electron chi connectivity index (χ4n) is 2.46. The molecule has 27 heavy (non-hydrogen) atoms. The number of furan rings is 1. The first-order chi connectivity index (χ1) is 13.0. The van der Waals surface area contributed by atoms with Crippen molar-refractivity contribution in [2.45, 2.75) is 13.5 Å². The van der Waals surface area contributed by atoms with Crippen LogP contribution in [0.3, 0.4) is 0 Å². The molecule has 2 heterocycles. The zero-order chi connectivity index (χ0) is 19.4. The first kappa shape index (κ1) is 18.2. The van der Waals surface area contributed by atoms with E-state index in [1.54, 1.807) is 19.1 Å². The van der Waals surface area contributed by atoms with Crippen molar-refractivity contribution < 1.29 is 33.1 Å². The quantitative estimate of drug-likeness (QED) is 0.409. The molecule has 0 saturated carbocycles. The number of rotatable bonds is 7. The van der Waals surface area contributed by atoms with E-state index in [1.165, 1.54) is 4.90 Å². The molecule has 10 nitrogen and oxygen atoms in total. The summed E-state index contributed by atoms with van der Waals surface area (Å²) < 4.78 is 20.2. The summed E-state index contributed by atoms with van der Waals surface area (Å²) in [7, 11) is 0. The number of carbonyl (C=O) groups is 2. The second kappa shape index (κ2) is 7.77. The monoisotopic (exact) mass is 376 g/mol. The largest absolute Gasteiger partial charge is 0.454 e. The maximum absolute atomic E-state index is 12.3. The number of likely N-dealkylation sites (N-methyl/N-ethyl adjacent to an activating group) is 1. The summed E-state index contributed by atoms with van der Waals surface area (Å²) in [6, 6.07) is 7.52. The number of benzene rings is 1. The number of hydrogen-bond donors (Lipinski definition) is 0. The molecule has 142 valence electrons. The van der Waals surface area contributed by atoms with Gasteiger partial charge in [-0.05, 0) is 30.7 Å². The normalized spacial score (nSPS) is 11.9. The fraction of sp³-hybridized carbons (Fsp3) is 0.294. The van der Waals surface area contributed by atoms with Crippen LogP contribution in [-0.2, 0) is 16.1 Å². The molecule has 1 amide bonds. The number of hydrogen-bond acceptors (Lipinski definition) is 8. The number of amides is 1. The number of esters is 1. The number of fused-ring (bicyclic) bond motifs is 1. The number of nitro groups is 1. The van der Waals surface area contributed by atoms with Crippen molar-refractivity contribution in [2.75, 3.05) is 19.9 Å². The van der Waals surface area contributed by atoms with Gasteiger partial charge in [-0.1, -0.05) is 6.07 Å². The Kier molecular flexibility index (Phi) is 5.25. The highest BCUT2D eigenvalue weighted by Gasteiger charge is 2.21. The number of nitrogens with zero attached hydrogens (tertiary/aromatic N) is 2. The average Bonchev–Trinajstić information content (AvgIpc) is 3.32. The maximum Gasteiger partial charge on any atom is 0.433 e. The van der Waals surface area contributed by atoms with E-state index in [2.05, 4.69) is 0 Å². The summed E-state index contributed by atoms with van der Waals surface area (Å²) in [6.07, 6.45) is 0. The van der Waals surface area contributed by atoms with Crippen LogP contribution in [0.15, 0.2) is 34.7 Å². The summed E-state index contributed by atoms with van der Waals surface area (Å²) in [5.41, 5.74) is 0.836. The Bertz CT molecular complexity index is 876. The lowest BCUT2D eigenvalue weighted by Gasteiger charge is -2.20. The van der Waals surface area contributed by atoms with Gasteiger partial charge in [0, 0.05) is 13.1 Å². The number of ether oxygens (including phenoxy) is 3. The molecule has 1 aromatic heterocycles. The molecule has 1 aromatic carbocycles. The fourth-order valence-corrected chi connectivity index (χ4v) is 2.46. The zero-order valence-corrected chi connectivity index (χ0v) is 14.4. The Balaban J connectivity index is 1.56. The predicted octanol–water partition coefficient (Wildman–Crippen LogP) is 2.12. The van der Waals surface area contributed by atoms with E-state index in [9.17, 15) is 19.7 Å². The van der Waals surface area contributed by atoms with Gasteiger partial charge in [-0.2, -0.15) is 0 Å². The van der Waals surface area contributed by atoms with Gasteiger partial charge < -0.3 is 23.5 Å². The minimum Gasteiger partial charge on any atom is -0.454 e. The summed E-state index contributed by atoms with van der Waals surface area (Å²) in [5.74, 6) is -1.02. The van der Waals surface area contributed by atoms with Gasteiger partial charge in [-0.3, -0.25) is 14.9 Å². The van der Waals surface area contributed by atoms with E-state index in [0.29, 0.717) is 24.6 Å². The molecule has 0 N–H and O–H groups in total. The molecule has 0 aliphatic carbocycles. The molecule has 2 aromatic rings. The van der Waals surface area contributed by atoms with E-state index in [4.69, 9.17) is 18.6 Å². The lowest BCUT2D eigenvalue weighted by atomic mass is 10.2. The van der Waals surface area contributed by atoms with Crippen molar-refractivity contribution in [1.29, 1.82) is 0 Å². The van der Waals surface area contributed by atoms with Crippen molar-refractivity contribution in [3.8, 4) is 11.5 Å². The lowest BCUT2D eigenvalue weighted by Crippen LogP contribution is -2.34. The predicted molar refractivity (Wildman–Crippen MR) is 89.3 cm³/mol. The van der Waals surface area contributed by atoms with Crippen LogP contribution >= 0.6 is 0 Å². The van der Waals surface area contributed by atoms with Crippen molar-refractivity contribution >= 4 is 17.8 Å². The highest BCUT2D eigenvalue weighted by Crippen LogP contribution is 2.32. The molecule has 0 bridgehead atoms. The summed E-state index contributed by atoms with van der Waals surface area (Å²) in [4.78, 5) is 35.4. The first-order valence-electron chi connectivity index (χ1n) is 8.05. The standard InChI is InChI=1S/C17H16N2O8/c1-2-18(8-11-3-4-12-14(7-11)26-10-25-12)15(20)9-24-17(21)13-5-6-16(27-13)19(22)23/h3-7H,2,8-10H2,1H3. The van der Waals surface area contributed by atoms with Crippen LogP contribution in [0, 0.1) is 10.1 Å². The lowest BCUT2D eigenvalue weighted by molar-refractivity contribution is -0.402. The smallest absolute Gasteiger partial charge is 0.433 e. The van der Waals surface area contributed by atoms with Crippen LogP contribution < -0.4 is 9.47 Å². The van der Waals surface area contributed by atoms with Crippen LogP contribution in [0.4, 0.5) is 5.88 Å². The highest BCUT2D eigenvalue weighted by atomic mass is 16.7. The van der Waals surface area contributed by atoms with E-state index < -0.39 is 29.3 Å². The molecular formula is C17H16N2O8. The molecular weight excluding hydrogens is 360 g/mol. The molecule has 0 fully saturated rings. The third kappa shape index (κ3) is 4.17. The van der Waals surface area contributed by atoms with Gasteiger partial charge in [-0.25, -0.2) is 4.79 Å². The van der Waals surface area contributed by atoms with Gasteiger partial charge in [0.25, 0.3) is 5.91 Å². The average molecular weight is 376 g/mol. The van der Waals surface area contributed by atoms with Gasteiger partial charge in [0.2, 0.25) is 12.6 Å². The van der Waals surface area contributed by atoms with Crippen molar-refractivity contribution in [3.05, 3.63) is 51.8 Å². The van der Waals surface area contributed by atoms with Crippen molar-refractivity contribution in [3.63, 3.8) is 0 Å². The summed E-state index contributed by atoms with van der Waals surface area (Å²) >= 11 is 0. The molecule has 0 unspecified atom stereocenters. The van der Waals surface area contributed by atoms with Crippen LogP contribution in [0.2, 0.25) is 0 Å². The van der Waals surface area contributed by atoms with E-state index in [-0.39, 0.29) is 12.6 Å². The Morgan fingerprint density at radius 3 is 2.70 bits per heavy atom. The zero-order valence-electron chi connectivity index (χ0n) is 14.4. The highest BCUT2D eigenvalue weighted by molar-refractivity contribution is 5.89. The molecule has 3 rings (SSSR count). The molecule has 1 aliphatic rings. The van der Waals surface area contributed by atoms with Gasteiger partial charge in [0.1, 0.15) is 4.92 Å². The summed E-state index contributed by atoms with van der Waals surface area (Å²) in [5, 5.41) is 10.6. The van der Waals surface area contributed by atoms with E-state index >= 15 is 0 Å². The van der Waals surface area contributed by atoms with Crippen LogP contribution in [0.5, 0.6) is 11.5 Å². The number of carbonyl (C=O) groups excluding carboxylic acids is 2. The minimum atomic E-state index is -0.949. The van der Waals surface area contributed by atoms with E-state index in [0.717, 1.165) is 17.7 Å². The first-order valence-corrected chi connectivity index (χ1v) is 8.05. The SMILES string of the molecule is CCN(Cc1ccc2c(c1)OCO2)C(=O)COC(=O)c1ccc([N+](=O)[O-])o1. The van der Waals surface area contributed by atoms with Crippen LogP contribution in [0.1, 0.15) is 23.0 Å². The molecule has 1 aliphatic heterocycles. The second-order valence-electron chi connectivity index (χ2n) is 5.57. The van der Waals surface area contributed by atoms with Gasteiger partial charge in [0.15, 0.2) is 18.1 Å². The van der Waals surface area contributed by atoms with Gasteiger partial charge in [0.05, 0.1) is 6.07 Å². The van der Waals surface area contributed by atoms with Gasteiger partial charge >= 0.3 is 11.9 Å². The second-order valence-corrected chi connectivity index (χ2v) is 5.57. The third-order valence-electron chi connectivity index (χ3n) is 3.84. The maximum atomic E-state index is 12.3. The van der Waals surface area contributed by atoms with Crippen LogP contribution in [0.25, 0.3) is 0 Å². The Labute approximate surface area is 153 Å². The molecule has 10 heteroatoms. The van der Waals surface area contributed by atoms with Gasteiger partial charge in [-0.15, -0.1) is 0 Å². The molecule has 0 atom stereocenters. The van der Waals surface area contributed by atoms with Crippen molar-refractivity contribution in [2.24, 2.45) is 0 Å². The topological polar surface area (TPSA) is 121 Å². The Morgan fingerprint density at radius 2 is 2.00 bits per heavy atom. The molecule has 0 saturated heterocycles. The molecule has 0 spiro atoms. The third-order valence-corrected chi connectivity index (χ3v) is 3.84. The summed E-state index contributed by atoms with van der Waals surface area (Å²) in [6.45, 7) is 2.15. The minimum absolute atomic E-state index is 0.163. The Morgan fingerprint density at radius 1 is 1.22 bits per heavy atom. The Hall–Kier alpha value is -3.56. The van der Waals surface area contributed by atoms with Crippen molar-refractivity contribution in [1.82, 2.24) is 4.90 Å². The van der Waals surface area contributed by atoms with Crippen LogP contribution in [-0.4, -0.2) is 41.6 Å².